The molecule has 0 spiro atoms. The van der Waals surface area contributed by atoms with Crippen LogP contribution in [0.25, 0.3) is 11.1 Å². The van der Waals surface area contributed by atoms with Crippen molar-refractivity contribution in [2.45, 2.75) is 45.3 Å². The summed E-state index contributed by atoms with van der Waals surface area (Å²) in [5.41, 5.74) is 2.28. The largest absolute Gasteiger partial charge is 0.573 e. The molecule has 3 rings (SSSR count). The number of amides is 1. The Morgan fingerprint density at radius 1 is 1.00 bits per heavy atom. The Morgan fingerprint density at radius 3 is 2.03 bits per heavy atom. The van der Waals surface area contributed by atoms with Gasteiger partial charge in [0.25, 0.3) is 0 Å². The van der Waals surface area contributed by atoms with E-state index in [9.17, 15) is 18.0 Å². The van der Waals surface area contributed by atoms with E-state index in [0.29, 0.717) is 19.6 Å². The predicted octanol–water partition coefficient (Wildman–Crippen LogP) is 4.96. The third-order valence-electron chi connectivity index (χ3n) is 4.50. The quantitative estimate of drug-likeness (QED) is 0.740. The van der Waals surface area contributed by atoms with E-state index < -0.39 is 12.0 Å². The Hall–Kier alpha value is -2.74. The summed E-state index contributed by atoms with van der Waals surface area (Å²) >= 11 is 0. The summed E-state index contributed by atoms with van der Waals surface area (Å²) in [6.45, 7) is 7.41. The minimum absolute atomic E-state index is 0.221. The first kappa shape index (κ1) is 22.0. The molecule has 1 amide bonds. The fraction of sp³-hybridized carbons (Fsp3) is 0.409. The van der Waals surface area contributed by atoms with Crippen molar-refractivity contribution in [3.63, 3.8) is 0 Å². The number of nitrogens with zero attached hydrogens (tertiary/aromatic N) is 1. The Bertz CT molecular complexity index is 853. The van der Waals surface area contributed by atoms with Crippen molar-refractivity contribution < 1.29 is 27.4 Å². The maximum Gasteiger partial charge on any atom is 0.573 e. The number of ether oxygens (including phenoxy) is 2. The number of carbonyl (C=O) groups is 1. The number of carbonyl (C=O) groups excluding carboxylic acids is 1. The minimum atomic E-state index is -4.69. The molecule has 0 saturated carbocycles. The van der Waals surface area contributed by atoms with Crippen LogP contribution in [-0.2, 0) is 11.3 Å². The molecule has 0 bridgehead atoms. The zero-order chi connectivity index (χ0) is 21.9. The summed E-state index contributed by atoms with van der Waals surface area (Å²) in [6, 6.07) is 13.8. The van der Waals surface area contributed by atoms with Crippen LogP contribution in [0.2, 0.25) is 0 Å². The highest BCUT2D eigenvalue weighted by Crippen LogP contribution is 2.26. The van der Waals surface area contributed by atoms with Gasteiger partial charge in [0.15, 0.2) is 0 Å². The van der Waals surface area contributed by atoms with Gasteiger partial charge in [-0.25, -0.2) is 4.79 Å². The maximum atomic E-state index is 12.2. The van der Waals surface area contributed by atoms with E-state index in [-0.39, 0.29) is 17.9 Å². The lowest BCUT2D eigenvalue weighted by Gasteiger charge is -2.40. The zero-order valence-corrected chi connectivity index (χ0v) is 17.1. The second-order valence-corrected chi connectivity index (χ2v) is 8.23. The summed E-state index contributed by atoms with van der Waals surface area (Å²) in [7, 11) is 0. The van der Waals surface area contributed by atoms with Gasteiger partial charge in [0.2, 0.25) is 0 Å². The summed E-state index contributed by atoms with van der Waals surface area (Å²) in [5, 5.41) is 3.40. The first-order chi connectivity index (χ1) is 14.0. The van der Waals surface area contributed by atoms with Gasteiger partial charge in [-0.3, -0.25) is 0 Å². The number of halogens is 3. The zero-order valence-electron chi connectivity index (χ0n) is 17.1. The fourth-order valence-electron chi connectivity index (χ4n) is 3.01. The average Bonchev–Trinajstić information content (AvgIpc) is 2.59. The molecule has 0 aromatic heterocycles. The lowest BCUT2D eigenvalue weighted by molar-refractivity contribution is -0.274. The number of hydrogen-bond acceptors (Lipinski definition) is 4. The second-order valence-electron chi connectivity index (χ2n) is 8.23. The summed E-state index contributed by atoms with van der Waals surface area (Å²) in [5.74, 6) is -0.243. The topological polar surface area (TPSA) is 50.8 Å². The molecule has 0 radical (unpaired) electrons. The van der Waals surface area contributed by atoms with Crippen LogP contribution in [0.5, 0.6) is 5.75 Å². The summed E-state index contributed by atoms with van der Waals surface area (Å²) < 4.78 is 45.9. The Labute approximate surface area is 173 Å². The Balaban J connectivity index is 1.46. The smallest absolute Gasteiger partial charge is 0.444 e. The maximum absolute atomic E-state index is 12.2. The standard InChI is InChI=1S/C22H25F3N2O3/c1-21(2,3)30-20(28)27-13-18(14-27)26-12-15-4-6-16(7-5-15)17-8-10-19(11-9-17)29-22(23,24)25/h4-11,18,26H,12-14H2,1-3H3. The van der Waals surface area contributed by atoms with Gasteiger partial charge in [0.1, 0.15) is 11.4 Å². The van der Waals surface area contributed by atoms with Gasteiger partial charge in [0.05, 0.1) is 0 Å². The first-order valence-electron chi connectivity index (χ1n) is 9.65. The molecular formula is C22H25F3N2O3. The molecule has 0 aliphatic carbocycles. The number of nitrogens with one attached hydrogen (secondary N) is 1. The van der Waals surface area contributed by atoms with E-state index in [1.165, 1.54) is 12.1 Å². The molecule has 1 aliphatic heterocycles. The van der Waals surface area contributed by atoms with Gasteiger partial charge in [-0.1, -0.05) is 36.4 Å². The van der Waals surface area contributed by atoms with Gasteiger partial charge < -0.3 is 19.7 Å². The molecule has 1 aliphatic rings. The van der Waals surface area contributed by atoms with Gasteiger partial charge in [0, 0.05) is 25.7 Å². The van der Waals surface area contributed by atoms with Crippen LogP contribution >= 0.6 is 0 Å². The van der Waals surface area contributed by atoms with Crippen LogP contribution in [0.1, 0.15) is 26.3 Å². The summed E-state index contributed by atoms with van der Waals surface area (Å²) in [6.07, 6.45) is -4.99. The fourth-order valence-corrected chi connectivity index (χ4v) is 3.01. The third kappa shape index (κ3) is 6.38. The first-order valence-corrected chi connectivity index (χ1v) is 9.65. The lowest BCUT2D eigenvalue weighted by Crippen LogP contribution is -2.60. The van der Waals surface area contributed by atoms with Crippen LogP contribution < -0.4 is 10.1 Å². The van der Waals surface area contributed by atoms with Crippen molar-refractivity contribution in [3.8, 4) is 16.9 Å². The molecule has 30 heavy (non-hydrogen) atoms. The van der Waals surface area contributed by atoms with Crippen LogP contribution in [0.3, 0.4) is 0 Å². The molecular weight excluding hydrogens is 397 g/mol. The van der Waals surface area contributed by atoms with Gasteiger partial charge in [-0.05, 0) is 49.6 Å². The van der Waals surface area contributed by atoms with Crippen molar-refractivity contribution in [1.82, 2.24) is 10.2 Å². The van der Waals surface area contributed by atoms with Crippen molar-refractivity contribution >= 4 is 6.09 Å². The van der Waals surface area contributed by atoms with Crippen LogP contribution in [0.4, 0.5) is 18.0 Å². The average molecular weight is 422 g/mol. The van der Waals surface area contributed by atoms with Crippen molar-refractivity contribution in [1.29, 1.82) is 0 Å². The van der Waals surface area contributed by atoms with Gasteiger partial charge in [-0.15, -0.1) is 13.2 Å². The molecule has 1 fully saturated rings. The van der Waals surface area contributed by atoms with Crippen LogP contribution in [0, 0.1) is 0 Å². The molecule has 162 valence electrons. The predicted molar refractivity (Wildman–Crippen MR) is 107 cm³/mol. The van der Waals surface area contributed by atoms with Crippen LogP contribution in [-0.4, -0.2) is 42.1 Å². The molecule has 0 unspecified atom stereocenters. The number of rotatable bonds is 5. The molecule has 1 saturated heterocycles. The molecule has 2 aromatic rings. The van der Waals surface area contributed by atoms with E-state index in [1.807, 2.05) is 45.0 Å². The van der Waals surface area contributed by atoms with Gasteiger partial charge >= 0.3 is 12.5 Å². The normalized spacial score (nSPS) is 14.9. The van der Waals surface area contributed by atoms with E-state index in [1.54, 1.807) is 17.0 Å². The minimum Gasteiger partial charge on any atom is -0.444 e. The Kier molecular flexibility index (Phi) is 6.26. The SMILES string of the molecule is CC(C)(C)OC(=O)N1CC(NCc2ccc(-c3ccc(OC(F)(F)F)cc3)cc2)C1. The number of benzene rings is 2. The van der Waals surface area contributed by atoms with Gasteiger partial charge in [-0.2, -0.15) is 0 Å². The highest BCUT2D eigenvalue weighted by Gasteiger charge is 2.33. The van der Waals surface area contributed by atoms with Crippen molar-refractivity contribution in [3.05, 3.63) is 54.1 Å². The molecule has 2 aromatic carbocycles. The van der Waals surface area contributed by atoms with Crippen molar-refractivity contribution in [2.24, 2.45) is 0 Å². The van der Waals surface area contributed by atoms with E-state index >= 15 is 0 Å². The van der Waals surface area contributed by atoms with Crippen LogP contribution in [0.15, 0.2) is 48.5 Å². The number of hydrogen-bond donors (Lipinski definition) is 1. The van der Waals surface area contributed by atoms with E-state index in [4.69, 9.17) is 4.74 Å². The highest BCUT2D eigenvalue weighted by molar-refractivity contribution is 5.69. The van der Waals surface area contributed by atoms with E-state index in [0.717, 1.165) is 16.7 Å². The van der Waals surface area contributed by atoms with E-state index in [2.05, 4.69) is 10.1 Å². The molecule has 8 heteroatoms. The van der Waals surface area contributed by atoms with Crippen molar-refractivity contribution in [2.75, 3.05) is 13.1 Å². The lowest BCUT2D eigenvalue weighted by atomic mass is 10.0. The Morgan fingerprint density at radius 2 is 1.53 bits per heavy atom. The molecule has 1 heterocycles. The third-order valence-corrected chi connectivity index (χ3v) is 4.50. The monoisotopic (exact) mass is 422 g/mol. The molecule has 0 atom stereocenters. The number of likely N-dealkylation sites (tertiary alicyclic amines) is 1. The number of alkyl halides is 3. The molecule has 1 N–H and O–H groups in total. The molecule has 5 nitrogen and oxygen atoms in total. The second kappa shape index (κ2) is 8.55. The summed E-state index contributed by atoms with van der Waals surface area (Å²) in [4.78, 5) is 13.6. The highest BCUT2D eigenvalue weighted by atomic mass is 19.4.